The van der Waals surface area contributed by atoms with E-state index >= 15 is 0 Å². The third kappa shape index (κ3) is 6.06. The first-order valence-corrected chi connectivity index (χ1v) is 12.0. The predicted octanol–water partition coefficient (Wildman–Crippen LogP) is 6.93. The fraction of sp³-hybridized carbons (Fsp3) is 0.321. The van der Waals surface area contributed by atoms with Gasteiger partial charge >= 0.3 is 18.6 Å². The minimum Gasteiger partial charge on any atom is -0.428 e. The Hall–Kier alpha value is -3.69. The molecule has 0 aliphatic heterocycles. The molecule has 0 aromatic heterocycles. The van der Waals surface area contributed by atoms with E-state index in [0.717, 1.165) is 37.1 Å². The van der Waals surface area contributed by atoms with E-state index in [0.29, 0.717) is 23.6 Å². The van der Waals surface area contributed by atoms with Gasteiger partial charge in [0, 0.05) is 18.0 Å². The minimum absolute atomic E-state index is 0.0137. The third-order valence-electron chi connectivity index (χ3n) is 6.76. The highest BCUT2D eigenvalue weighted by molar-refractivity contribution is 5.77. The van der Waals surface area contributed by atoms with E-state index in [1.54, 1.807) is 30.3 Å². The summed E-state index contributed by atoms with van der Waals surface area (Å²) in [6.07, 6.45) is -6.86. The van der Waals surface area contributed by atoms with Gasteiger partial charge in [-0.3, -0.25) is 0 Å². The van der Waals surface area contributed by atoms with E-state index in [1.807, 2.05) is 6.92 Å². The lowest BCUT2D eigenvalue weighted by atomic mass is 9.77. The standard InChI is InChI=1S/C28H26F6N2O2/c1-2-26(12-13-26)35-25(37)36-27(17-18-6-4-3-5-7-18,19-8-10-21(29)11-9-19)20-14-22(30)16-23(15-20)38-28(33,34)24(31)32/h3-11,14-16,24H,2,12-13,17H2,1H3,(H2,35,36,37)/t27-/m1/s1. The van der Waals surface area contributed by atoms with Crippen molar-refractivity contribution in [2.45, 2.75) is 56.2 Å². The predicted molar refractivity (Wildman–Crippen MR) is 129 cm³/mol. The van der Waals surface area contributed by atoms with E-state index in [9.17, 15) is 31.1 Å². The molecule has 1 saturated carbocycles. The highest BCUT2D eigenvalue weighted by Gasteiger charge is 2.46. The average molecular weight is 537 g/mol. The maximum atomic E-state index is 14.8. The highest BCUT2D eigenvalue weighted by atomic mass is 19.3. The molecule has 38 heavy (non-hydrogen) atoms. The summed E-state index contributed by atoms with van der Waals surface area (Å²) in [5.74, 6) is -2.50. The molecule has 4 nitrogen and oxygen atoms in total. The molecule has 3 aromatic rings. The second-order valence-electron chi connectivity index (χ2n) is 9.43. The van der Waals surface area contributed by atoms with E-state index in [1.165, 1.54) is 12.1 Å². The Balaban J connectivity index is 1.88. The Morgan fingerprint density at radius 3 is 2.18 bits per heavy atom. The van der Waals surface area contributed by atoms with Gasteiger partial charge in [-0.25, -0.2) is 13.6 Å². The van der Waals surface area contributed by atoms with Crippen molar-refractivity contribution in [2.24, 2.45) is 0 Å². The lowest BCUT2D eigenvalue weighted by Crippen LogP contribution is -2.54. The normalized spacial score (nSPS) is 16.0. The van der Waals surface area contributed by atoms with E-state index in [2.05, 4.69) is 15.4 Å². The number of alkyl halides is 4. The number of nitrogens with one attached hydrogen (secondary N) is 2. The van der Waals surface area contributed by atoms with Crippen LogP contribution in [0, 0.1) is 11.6 Å². The molecule has 4 rings (SSSR count). The second-order valence-corrected chi connectivity index (χ2v) is 9.43. The number of rotatable bonds is 10. The Morgan fingerprint density at radius 2 is 1.61 bits per heavy atom. The van der Waals surface area contributed by atoms with Crippen LogP contribution in [-0.4, -0.2) is 24.1 Å². The number of benzene rings is 3. The van der Waals surface area contributed by atoms with Crippen molar-refractivity contribution in [3.63, 3.8) is 0 Å². The number of hydrogen-bond donors (Lipinski definition) is 2. The van der Waals surface area contributed by atoms with Gasteiger partial charge in [0.25, 0.3) is 0 Å². The quantitative estimate of drug-likeness (QED) is 0.276. The summed E-state index contributed by atoms with van der Waals surface area (Å²) in [6.45, 7) is 1.92. The molecule has 1 atom stereocenters. The molecule has 1 fully saturated rings. The zero-order valence-corrected chi connectivity index (χ0v) is 20.4. The zero-order valence-electron chi connectivity index (χ0n) is 20.4. The maximum absolute atomic E-state index is 14.8. The van der Waals surface area contributed by atoms with Crippen molar-refractivity contribution in [3.05, 3.63) is 101 Å². The second kappa shape index (κ2) is 10.6. The molecule has 0 saturated heterocycles. The van der Waals surface area contributed by atoms with Gasteiger partial charge < -0.3 is 15.4 Å². The summed E-state index contributed by atoms with van der Waals surface area (Å²) >= 11 is 0. The molecule has 0 radical (unpaired) electrons. The van der Waals surface area contributed by atoms with Gasteiger partial charge in [0.2, 0.25) is 0 Å². The third-order valence-corrected chi connectivity index (χ3v) is 6.76. The topological polar surface area (TPSA) is 50.4 Å². The highest BCUT2D eigenvalue weighted by Crippen LogP contribution is 2.40. The first-order chi connectivity index (χ1) is 18.0. The first-order valence-electron chi connectivity index (χ1n) is 12.0. The number of amides is 2. The monoisotopic (exact) mass is 536 g/mol. The number of ether oxygens (including phenoxy) is 1. The molecule has 0 bridgehead atoms. The first kappa shape index (κ1) is 27.3. The van der Waals surface area contributed by atoms with Gasteiger partial charge in [-0.2, -0.15) is 17.6 Å². The van der Waals surface area contributed by atoms with Gasteiger partial charge in [-0.15, -0.1) is 0 Å². The van der Waals surface area contributed by atoms with Crippen LogP contribution in [0.25, 0.3) is 0 Å². The van der Waals surface area contributed by atoms with Gasteiger partial charge in [0.15, 0.2) is 0 Å². The van der Waals surface area contributed by atoms with Crippen LogP contribution >= 0.6 is 0 Å². The van der Waals surface area contributed by atoms with Crippen molar-refractivity contribution in [3.8, 4) is 5.75 Å². The summed E-state index contributed by atoms with van der Waals surface area (Å²) in [6, 6.07) is 15.7. The van der Waals surface area contributed by atoms with Crippen molar-refractivity contribution in [2.75, 3.05) is 0 Å². The lowest BCUT2D eigenvalue weighted by Gasteiger charge is -2.37. The van der Waals surface area contributed by atoms with Crippen molar-refractivity contribution >= 4 is 6.03 Å². The molecule has 0 unspecified atom stereocenters. The summed E-state index contributed by atoms with van der Waals surface area (Å²) in [4.78, 5) is 13.3. The van der Waals surface area contributed by atoms with E-state index in [-0.39, 0.29) is 12.0 Å². The average Bonchev–Trinajstić information content (AvgIpc) is 3.63. The fourth-order valence-corrected chi connectivity index (χ4v) is 4.45. The minimum atomic E-state index is -4.88. The molecule has 1 aliphatic carbocycles. The van der Waals surface area contributed by atoms with Crippen LogP contribution < -0.4 is 15.4 Å². The molecule has 10 heteroatoms. The summed E-state index contributed by atoms with van der Waals surface area (Å²) in [7, 11) is 0. The van der Waals surface area contributed by atoms with Gasteiger partial charge in [0.1, 0.15) is 17.4 Å². The van der Waals surface area contributed by atoms with E-state index < -0.39 is 47.0 Å². The van der Waals surface area contributed by atoms with Crippen molar-refractivity contribution < 1.29 is 35.9 Å². The number of urea groups is 1. The van der Waals surface area contributed by atoms with Crippen molar-refractivity contribution in [1.82, 2.24) is 10.6 Å². The number of hydrogen-bond acceptors (Lipinski definition) is 2. The Morgan fingerprint density at radius 1 is 0.947 bits per heavy atom. The molecule has 0 heterocycles. The maximum Gasteiger partial charge on any atom is 0.461 e. The molecule has 3 aromatic carbocycles. The molecular formula is C28H26F6N2O2. The number of halogens is 6. The molecule has 202 valence electrons. The molecule has 1 aliphatic rings. The van der Waals surface area contributed by atoms with Crippen LogP contribution in [0.4, 0.5) is 31.1 Å². The molecule has 2 N–H and O–H groups in total. The zero-order chi connectivity index (χ0) is 27.6. The number of carbonyl (C=O) groups excluding carboxylic acids is 1. The summed E-state index contributed by atoms with van der Waals surface area (Å²) < 4.78 is 86.0. The van der Waals surface area contributed by atoms with Gasteiger partial charge in [0.05, 0.1) is 5.54 Å². The molecular weight excluding hydrogens is 510 g/mol. The lowest BCUT2D eigenvalue weighted by molar-refractivity contribution is -0.253. The Bertz CT molecular complexity index is 1270. The van der Waals surface area contributed by atoms with Gasteiger partial charge in [-0.05, 0) is 60.2 Å². The molecule has 2 amide bonds. The van der Waals surface area contributed by atoms with Crippen LogP contribution in [0.2, 0.25) is 0 Å². The Kier molecular flexibility index (Phi) is 7.62. The van der Waals surface area contributed by atoms with Crippen LogP contribution in [0.3, 0.4) is 0 Å². The van der Waals surface area contributed by atoms with Crippen LogP contribution in [0.5, 0.6) is 5.75 Å². The summed E-state index contributed by atoms with van der Waals surface area (Å²) in [5, 5.41) is 5.79. The van der Waals surface area contributed by atoms with Crippen LogP contribution in [-0.2, 0) is 12.0 Å². The fourth-order valence-electron chi connectivity index (χ4n) is 4.45. The largest absolute Gasteiger partial charge is 0.461 e. The Labute approximate surface area is 216 Å². The van der Waals surface area contributed by atoms with E-state index in [4.69, 9.17) is 0 Å². The van der Waals surface area contributed by atoms with Crippen LogP contribution in [0.1, 0.15) is 42.9 Å². The number of carbonyl (C=O) groups is 1. The molecule has 0 spiro atoms. The van der Waals surface area contributed by atoms with Crippen molar-refractivity contribution in [1.29, 1.82) is 0 Å². The van der Waals surface area contributed by atoms with Crippen LogP contribution in [0.15, 0.2) is 72.8 Å². The smallest absolute Gasteiger partial charge is 0.428 e. The summed E-state index contributed by atoms with van der Waals surface area (Å²) in [5.41, 5.74) is -1.14. The van der Waals surface area contributed by atoms with Gasteiger partial charge in [-0.1, -0.05) is 49.4 Å². The SMILES string of the molecule is CCC1(NC(=O)N[C@](Cc2ccccc2)(c2ccc(F)cc2)c2cc(F)cc(OC(F)(F)C(F)F)c2)CC1.